The Labute approximate surface area is 203 Å². The van der Waals surface area contributed by atoms with Crippen LogP contribution in [-0.2, 0) is 23.9 Å². The van der Waals surface area contributed by atoms with Crippen LogP contribution in [0.25, 0.3) is 0 Å². The molecule has 8 nitrogen and oxygen atoms in total. The zero-order valence-electron chi connectivity index (χ0n) is 21.8. The molecule has 3 rings (SSSR count). The Morgan fingerprint density at radius 1 is 1.35 bits per heavy atom. The minimum absolute atomic E-state index is 0.0368. The molecule has 8 heteroatoms. The first kappa shape index (κ1) is 26.7. The predicted octanol–water partition coefficient (Wildman–Crippen LogP) is 2.53. The van der Waals surface area contributed by atoms with Gasteiger partial charge in [0, 0.05) is 12.1 Å². The number of likely N-dealkylation sites (tertiary alicyclic amines) is 1. The highest BCUT2D eigenvalue weighted by Gasteiger charge is 2.75. The van der Waals surface area contributed by atoms with Gasteiger partial charge in [0.1, 0.15) is 11.6 Å². The molecule has 3 saturated heterocycles. The van der Waals surface area contributed by atoms with E-state index in [1.165, 1.54) is 4.90 Å². The third kappa shape index (κ3) is 4.28. The van der Waals surface area contributed by atoms with Crippen molar-refractivity contribution in [3.63, 3.8) is 0 Å². The molecule has 192 valence electrons. The van der Waals surface area contributed by atoms with Gasteiger partial charge in [-0.05, 0) is 52.4 Å². The highest BCUT2D eigenvalue weighted by atomic mass is 16.6. The summed E-state index contributed by atoms with van der Waals surface area (Å²) in [7, 11) is 0. The molecule has 0 aromatic rings. The highest BCUT2D eigenvalue weighted by molar-refractivity contribution is 5.98. The fourth-order valence-electron chi connectivity index (χ4n) is 6.74. The van der Waals surface area contributed by atoms with Gasteiger partial charge in [-0.15, -0.1) is 6.58 Å². The molecule has 0 unspecified atom stereocenters. The van der Waals surface area contributed by atoms with Crippen molar-refractivity contribution in [1.82, 2.24) is 9.80 Å². The molecule has 0 radical (unpaired) electrons. The maximum atomic E-state index is 14.4. The van der Waals surface area contributed by atoms with Gasteiger partial charge in [-0.1, -0.05) is 26.8 Å². The molecule has 1 spiro atoms. The molecule has 1 N–H and O–H groups in total. The van der Waals surface area contributed by atoms with Crippen molar-refractivity contribution in [3.8, 4) is 0 Å². The maximum absolute atomic E-state index is 14.4. The van der Waals surface area contributed by atoms with Crippen LogP contribution < -0.4 is 0 Å². The van der Waals surface area contributed by atoms with E-state index in [1.54, 1.807) is 24.8 Å². The quantitative estimate of drug-likeness (QED) is 0.404. The van der Waals surface area contributed by atoms with Crippen molar-refractivity contribution >= 4 is 17.8 Å². The SMILES string of the molecule is C=CCN(C(=O)[C@H]1N([C@H](C)CO)C(=O)[C@@H]2[C@@H](C(=O)OCC)[C@H]3CC[C@]21O3)C(C)(C)CC(C)(C)C. The minimum atomic E-state index is -1.10. The summed E-state index contributed by atoms with van der Waals surface area (Å²) in [5, 5.41) is 9.99. The Balaban J connectivity index is 2.08. The lowest BCUT2D eigenvalue weighted by Gasteiger charge is -2.46. The van der Waals surface area contributed by atoms with Crippen LogP contribution in [0, 0.1) is 17.3 Å². The molecule has 3 fully saturated rings. The van der Waals surface area contributed by atoms with Crippen LogP contribution in [0.4, 0.5) is 0 Å². The van der Waals surface area contributed by atoms with Crippen molar-refractivity contribution in [2.75, 3.05) is 19.8 Å². The minimum Gasteiger partial charge on any atom is -0.466 e. The number of hydrogen-bond acceptors (Lipinski definition) is 6. The molecule has 34 heavy (non-hydrogen) atoms. The van der Waals surface area contributed by atoms with E-state index in [0.717, 1.165) is 6.42 Å². The zero-order chi connectivity index (χ0) is 25.6. The van der Waals surface area contributed by atoms with Crippen LogP contribution >= 0.6 is 0 Å². The van der Waals surface area contributed by atoms with Crippen molar-refractivity contribution in [1.29, 1.82) is 0 Å². The van der Waals surface area contributed by atoms with Gasteiger partial charge in [-0.3, -0.25) is 14.4 Å². The van der Waals surface area contributed by atoms with Crippen LogP contribution in [0.1, 0.15) is 67.7 Å². The summed E-state index contributed by atoms with van der Waals surface area (Å²) in [6, 6.07) is -1.51. The molecule has 2 bridgehead atoms. The molecule has 0 saturated carbocycles. The summed E-state index contributed by atoms with van der Waals surface area (Å²) in [6.45, 7) is 18.0. The van der Waals surface area contributed by atoms with Crippen molar-refractivity contribution in [2.45, 2.75) is 97.1 Å². The maximum Gasteiger partial charge on any atom is 0.312 e. The fraction of sp³-hybridized carbons (Fsp3) is 0.808. The molecular weight excluding hydrogens is 436 g/mol. The van der Waals surface area contributed by atoms with Crippen LogP contribution in [0.2, 0.25) is 0 Å². The van der Waals surface area contributed by atoms with Gasteiger partial charge in [0.05, 0.1) is 37.2 Å². The van der Waals surface area contributed by atoms with Crippen molar-refractivity contribution in [2.24, 2.45) is 17.3 Å². The van der Waals surface area contributed by atoms with Gasteiger partial charge < -0.3 is 24.4 Å². The Bertz CT molecular complexity index is 834. The molecule has 0 aromatic heterocycles. The van der Waals surface area contributed by atoms with E-state index in [9.17, 15) is 19.5 Å². The van der Waals surface area contributed by atoms with Gasteiger partial charge in [0.25, 0.3) is 0 Å². The van der Waals surface area contributed by atoms with Gasteiger partial charge in [-0.25, -0.2) is 0 Å². The highest BCUT2D eigenvalue weighted by Crippen LogP contribution is 2.59. The number of carbonyl (C=O) groups excluding carboxylic acids is 3. The lowest BCUT2D eigenvalue weighted by Crippen LogP contribution is -2.62. The summed E-state index contributed by atoms with van der Waals surface area (Å²) in [5.74, 6) is -2.51. The standard InChI is InChI=1S/C26H42N2O6/c1-9-13-27(25(7,8)15-24(4,5)6)22(31)20-26-12-11-17(34-26)18(23(32)33-10-2)19(26)21(30)28(20)16(3)14-29/h9,16-20,29H,1,10-15H2,2-8H3/t16-,17-,18+,19+,20-,26+/m1/s1. The first-order valence-corrected chi connectivity index (χ1v) is 12.5. The average molecular weight is 479 g/mol. The van der Waals surface area contributed by atoms with Crippen LogP contribution in [-0.4, -0.2) is 81.8 Å². The summed E-state index contributed by atoms with van der Waals surface area (Å²) < 4.78 is 11.7. The van der Waals surface area contributed by atoms with Gasteiger partial charge in [0.15, 0.2) is 0 Å². The number of amides is 2. The summed E-state index contributed by atoms with van der Waals surface area (Å²) in [4.78, 5) is 44.3. The second kappa shape index (κ2) is 9.26. The normalized spacial score (nSPS) is 31.4. The third-order valence-electron chi connectivity index (χ3n) is 7.54. The van der Waals surface area contributed by atoms with Gasteiger partial charge >= 0.3 is 5.97 Å². The molecule has 6 atom stereocenters. The van der Waals surface area contributed by atoms with E-state index in [2.05, 4.69) is 27.4 Å². The van der Waals surface area contributed by atoms with E-state index in [1.807, 2.05) is 13.8 Å². The van der Waals surface area contributed by atoms with Crippen molar-refractivity contribution in [3.05, 3.63) is 12.7 Å². The van der Waals surface area contributed by atoms with E-state index in [4.69, 9.17) is 9.47 Å². The topological polar surface area (TPSA) is 96.4 Å². The Morgan fingerprint density at radius 2 is 2.00 bits per heavy atom. The van der Waals surface area contributed by atoms with E-state index in [-0.39, 0.29) is 30.4 Å². The largest absolute Gasteiger partial charge is 0.466 e. The number of ether oxygens (including phenoxy) is 2. The Morgan fingerprint density at radius 3 is 2.53 bits per heavy atom. The second-order valence-corrected chi connectivity index (χ2v) is 11.9. The summed E-state index contributed by atoms with van der Waals surface area (Å²) in [6.07, 6.45) is 3.09. The predicted molar refractivity (Wildman–Crippen MR) is 128 cm³/mol. The molecule has 2 amide bonds. The first-order chi connectivity index (χ1) is 15.8. The molecule has 3 aliphatic rings. The lowest BCUT2D eigenvalue weighted by molar-refractivity contribution is -0.157. The van der Waals surface area contributed by atoms with Gasteiger partial charge in [-0.2, -0.15) is 0 Å². The molecule has 3 aliphatic heterocycles. The number of esters is 1. The van der Waals surface area contributed by atoms with Crippen LogP contribution in [0.5, 0.6) is 0 Å². The van der Waals surface area contributed by atoms with Crippen LogP contribution in [0.15, 0.2) is 12.7 Å². The number of carbonyl (C=O) groups is 3. The van der Waals surface area contributed by atoms with E-state index < -0.39 is 47.1 Å². The summed E-state index contributed by atoms with van der Waals surface area (Å²) in [5.41, 5.74) is -1.66. The average Bonchev–Trinajstić information content (AvgIpc) is 3.36. The fourth-order valence-corrected chi connectivity index (χ4v) is 6.74. The number of hydrogen-bond donors (Lipinski definition) is 1. The third-order valence-corrected chi connectivity index (χ3v) is 7.54. The first-order valence-electron chi connectivity index (χ1n) is 12.5. The number of aliphatic hydroxyl groups is 1. The lowest BCUT2D eigenvalue weighted by atomic mass is 9.70. The summed E-state index contributed by atoms with van der Waals surface area (Å²) >= 11 is 0. The van der Waals surface area contributed by atoms with Crippen LogP contribution in [0.3, 0.4) is 0 Å². The number of rotatable bonds is 9. The van der Waals surface area contributed by atoms with Crippen molar-refractivity contribution < 1.29 is 29.0 Å². The van der Waals surface area contributed by atoms with E-state index >= 15 is 0 Å². The number of aliphatic hydroxyl groups excluding tert-OH is 1. The monoisotopic (exact) mass is 478 g/mol. The molecule has 0 aliphatic carbocycles. The molecular formula is C26H42N2O6. The number of nitrogens with zero attached hydrogens (tertiary/aromatic N) is 2. The number of fused-ring (bicyclic) bond motifs is 1. The molecule has 0 aromatic carbocycles. The Hall–Kier alpha value is -1.93. The molecule has 3 heterocycles. The van der Waals surface area contributed by atoms with E-state index in [0.29, 0.717) is 19.4 Å². The smallest absolute Gasteiger partial charge is 0.312 e. The van der Waals surface area contributed by atoms with Gasteiger partial charge in [0.2, 0.25) is 11.8 Å². The Kier molecular flexibility index (Phi) is 7.27. The zero-order valence-corrected chi connectivity index (χ0v) is 21.8. The second-order valence-electron chi connectivity index (χ2n) is 11.9.